The van der Waals surface area contributed by atoms with Gasteiger partial charge in [0.15, 0.2) is 0 Å². The van der Waals surface area contributed by atoms with Crippen molar-refractivity contribution in [3.05, 3.63) is 35.6 Å². The van der Waals surface area contributed by atoms with E-state index in [9.17, 15) is 5.11 Å². The maximum absolute atomic E-state index is 10.1. The Balaban J connectivity index is 2.23. The molecule has 0 aliphatic carbocycles. The molecule has 0 bridgehead atoms. The quantitative estimate of drug-likeness (QED) is 0.837. The molecule has 2 N–H and O–H groups in total. The summed E-state index contributed by atoms with van der Waals surface area (Å²) in [5.41, 5.74) is 2.14. The van der Waals surface area contributed by atoms with E-state index in [-0.39, 0.29) is 0 Å². The van der Waals surface area contributed by atoms with E-state index in [1.54, 1.807) is 0 Å². The average molecular weight is 261 g/mol. The number of aliphatic hydroxyl groups excluding tert-OH is 1. The Morgan fingerprint density at radius 3 is 2.79 bits per heavy atom. The molecule has 3 heteroatoms. The summed E-state index contributed by atoms with van der Waals surface area (Å²) in [6.07, 6.45) is 1.50. The van der Waals surface area contributed by atoms with Crippen LogP contribution in [0.2, 0.25) is 0 Å². The Labute approximate surface area is 114 Å². The maximum Gasteiger partial charge on any atom is 0.137 e. The summed E-state index contributed by atoms with van der Waals surface area (Å²) in [7, 11) is 0. The molecule has 3 nitrogen and oxygen atoms in total. The number of rotatable bonds is 6. The third-order valence-corrected chi connectivity index (χ3v) is 3.21. The lowest BCUT2D eigenvalue weighted by molar-refractivity contribution is 0.147. The molecule has 0 saturated heterocycles. The van der Waals surface area contributed by atoms with E-state index >= 15 is 0 Å². The Hall–Kier alpha value is -1.32. The topological polar surface area (TPSA) is 45.4 Å². The van der Waals surface area contributed by atoms with Crippen LogP contribution >= 0.6 is 0 Å². The molecule has 19 heavy (non-hydrogen) atoms. The first-order valence-electron chi connectivity index (χ1n) is 7.04. The Morgan fingerprint density at radius 2 is 2.11 bits per heavy atom. The van der Waals surface area contributed by atoms with Crippen LogP contribution in [0.3, 0.4) is 0 Å². The van der Waals surface area contributed by atoms with Crippen molar-refractivity contribution in [1.82, 2.24) is 5.32 Å². The Kier molecular flexibility index (Phi) is 4.61. The zero-order valence-electron chi connectivity index (χ0n) is 11.9. The van der Waals surface area contributed by atoms with Gasteiger partial charge in [0.2, 0.25) is 0 Å². The third kappa shape index (κ3) is 3.37. The number of hydrogen-bond acceptors (Lipinski definition) is 3. The SMILES string of the molecule is CCCc1cccc2cc(C(O)CNC(C)C)oc12. The second-order valence-corrected chi connectivity index (χ2v) is 5.31. The number of aliphatic hydroxyl groups is 1. The molecule has 1 aromatic carbocycles. The number of furan rings is 1. The van der Waals surface area contributed by atoms with E-state index in [2.05, 4.69) is 32.2 Å². The second-order valence-electron chi connectivity index (χ2n) is 5.31. The highest BCUT2D eigenvalue weighted by atomic mass is 16.4. The van der Waals surface area contributed by atoms with Crippen LogP contribution in [0.15, 0.2) is 28.7 Å². The van der Waals surface area contributed by atoms with E-state index in [0.29, 0.717) is 18.3 Å². The predicted octanol–water partition coefficient (Wildman–Crippen LogP) is 3.42. The van der Waals surface area contributed by atoms with Crippen LogP contribution in [0.25, 0.3) is 11.0 Å². The minimum Gasteiger partial charge on any atom is -0.458 e. The highest BCUT2D eigenvalue weighted by Crippen LogP contribution is 2.27. The second kappa shape index (κ2) is 6.22. The summed E-state index contributed by atoms with van der Waals surface area (Å²) in [5.74, 6) is 0.645. The van der Waals surface area contributed by atoms with Crippen LogP contribution < -0.4 is 5.32 Å². The molecular weight excluding hydrogens is 238 g/mol. The van der Waals surface area contributed by atoms with Gasteiger partial charge in [0, 0.05) is 18.0 Å². The van der Waals surface area contributed by atoms with E-state index in [0.717, 1.165) is 23.8 Å². The van der Waals surface area contributed by atoms with Crippen molar-refractivity contribution in [1.29, 1.82) is 0 Å². The molecular formula is C16H23NO2. The zero-order chi connectivity index (χ0) is 13.8. The van der Waals surface area contributed by atoms with Gasteiger partial charge >= 0.3 is 0 Å². The first-order valence-corrected chi connectivity index (χ1v) is 7.04. The van der Waals surface area contributed by atoms with E-state index < -0.39 is 6.10 Å². The molecule has 0 fully saturated rings. The molecule has 0 saturated carbocycles. The van der Waals surface area contributed by atoms with Crippen LogP contribution in [0.4, 0.5) is 0 Å². The monoisotopic (exact) mass is 261 g/mol. The molecule has 104 valence electrons. The number of para-hydroxylation sites is 1. The summed E-state index contributed by atoms with van der Waals surface area (Å²) in [5, 5.41) is 14.4. The lowest BCUT2D eigenvalue weighted by Crippen LogP contribution is -2.27. The van der Waals surface area contributed by atoms with E-state index in [1.165, 1.54) is 5.56 Å². The van der Waals surface area contributed by atoms with Crippen molar-refractivity contribution in [2.75, 3.05) is 6.54 Å². The van der Waals surface area contributed by atoms with Crippen LogP contribution in [-0.4, -0.2) is 17.7 Å². The molecule has 1 aromatic heterocycles. The number of fused-ring (bicyclic) bond motifs is 1. The van der Waals surface area contributed by atoms with Crippen molar-refractivity contribution < 1.29 is 9.52 Å². The molecule has 2 rings (SSSR count). The molecule has 0 radical (unpaired) electrons. The zero-order valence-corrected chi connectivity index (χ0v) is 11.9. The van der Waals surface area contributed by atoms with Gasteiger partial charge in [-0.1, -0.05) is 45.4 Å². The van der Waals surface area contributed by atoms with Crippen molar-refractivity contribution >= 4 is 11.0 Å². The molecule has 1 heterocycles. The van der Waals surface area contributed by atoms with E-state index in [1.807, 2.05) is 18.2 Å². The predicted molar refractivity (Wildman–Crippen MR) is 78.3 cm³/mol. The van der Waals surface area contributed by atoms with Gasteiger partial charge in [-0.2, -0.15) is 0 Å². The molecule has 2 aromatic rings. The minimum absolute atomic E-state index is 0.356. The molecule has 1 atom stereocenters. The number of hydrogen-bond donors (Lipinski definition) is 2. The number of nitrogens with one attached hydrogen (secondary N) is 1. The normalized spacial score (nSPS) is 13.3. The minimum atomic E-state index is -0.593. The summed E-state index contributed by atoms with van der Waals surface area (Å²) < 4.78 is 5.86. The maximum atomic E-state index is 10.1. The Bertz CT molecular complexity index is 531. The first kappa shape index (κ1) is 14.1. The molecule has 0 aliphatic heterocycles. The lowest BCUT2D eigenvalue weighted by Gasteiger charge is -2.11. The highest BCUT2D eigenvalue weighted by molar-refractivity contribution is 5.81. The number of aryl methyl sites for hydroxylation is 1. The van der Waals surface area contributed by atoms with Crippen LogP contribution in [0.1, 0.15) is 44.6 Å². The fourth-order valence-corrected chi connectivity index (χ4v) is 2.22. The van der Waals surface area contributed by atoms with Gasteiger partial charge in [-0.25, -0.2) is 0 Å². The summed E-state index contributed by atoms with van der Waals surface area (Å²) in [4.78, 5) is 0. The van der Waals surface area contributed by atoms with Crippen molar-refractivity contribution in [3.63, 3.8) is 0 Å². The largest absolute Gasteiger partial charge is 0.458 e. The lowest BCUT2D eigenvalue weighted by atomic mass is 10.1. The van der Waals surface area contributed by atoms with Crippen molar-refractivity contribution in [2.45, 2.75) is 45.8 Å². The van der Waals surface area contributed by atoms with Gasteiger partial charge in [0.1, 0.15) is 17.4 Å². The van der Waals surface area contributed by atoms with Crippen LogP contribution in [0, 0.1) is 0 Å². The van der Waals surface area contributed by atoms with Crippen molar-refractivity contribution in [3.8, 4) is 0 Å². The third-order valence-electron chi connectivity index (χ3n) is 3.21. The van der Waals surface area contributed by atoms with Gasteiger partial charge < -0.3 is 14.8 Å². The van der Waals surface area contributed by atoms with Crippen molar-refractivity contribution in [2.24, 2.45) is 0 Å². The highest BCUT2D eigenvalue weighted by Gasteiger charge is 2.15. The summed E-state index contributed by atoms with van der Waals surface area (Å²) in [6.45, 7) is 6.79. The summed E-state index contributed by atoms with van der Waals surface area (Å²) in [6, 6.07) is 8.48. The van der Waals surface area contributed by atoms with Gasteiger partial charge in [-0.05, 0) is 18.1 Å². The van der Waals surface area contributed by atoms with Crippen LogP contribution in [0.5, 0.6) is 0 Å². The fraction of sp³-hybridized carbons (Fsp3) is 0.500. The molecule has 0 spiro atoms. The molecule has 0 amide bonds. The van der Waals surface area contributed by atoms with Gasteiger partial charge in [0.25, 0.3) is 0 Å². The smallest absolute Gasteiger partial charge is 0.137 e. The standard InChI is InChI=1S/C16H23NO2/c1-4-6-12-7-5-8-13-9-15(19-16(12)13)14(18)10-17-11(2)3/h5,7-9,11,14,17-18H,4,6,10H2,1-3H3. The van der Waals surface area contributed by atoms with Gasteiger partial charge in [-0.15, -0.1) is 0 Å². The summed E-state index contributed by atoms with van der Waals surface area (Å²) >= 11 is 0. The van der Waals surface area contributed by atoms with Crippen LogP contribution in [-0.2, 0) is 6.42 Å². The molecule has 0 aliphatic rings. The van der Waals surface area contributed by atoms with Gasteiger partial charge in [0.05, 0.1) is 0 Å². The number of benzene rings is 1. The average Bonchev–Trinajstić information content (AvgIpc) is 2.81. The Morgan fingerprint density at radius 1 is 1.32 bits per heavy atom. The van der Waals surface area contributed by atoms with E-state index in [4.69, 9.17) is 4.42 Å². The molecule has 1 unspecified atom stereocenters. The first-order chi connectivity index (χ1) is 9.11. The van der Waals surface area contributed by atoms with Gasteiger partial charge in [-0.3, -0.25) is 0 Å². The fourth-order valence-electron chi connectivity index (χ4n) is 2.22.